The summed E-state index contributed by atoms with van der Waals surface area (Å²) in [5.74, 6) is -0.346. The first-order valence-electron chi connectivity index (χ1n) is 6.16. The Morgan fingerprint density at radius 1 is 1.53 bits per heavy atom. The number of ether oxygens (including phenoxy) is 1. The van der Waals surface area contributed by atoms with Gasteiger partial charge in [0.1, 0.15) is 6.04 Å². The highest BCUT2D eigenvalue weighted by atomic mass is 16.5. The zero-order valence-corrected chi connectivity index (χ0v) is 10.8. The van der Waals surface area contributed by atoms with Gasteiger partial charge in [-0.25, -0.2) is 4.79 Å². The molecule has 1 rings (SSSR count). The Balaban J connectivity index is 2.71. The number of carbonyl (C=O) groups is 2. The minimum Gasteiger partial charge on any atom is -0.467 e. The van der Waals surface area contributed by atoms with Crippen LogP contribution >= 0.6 is 0 Å². The fraction of sp³-hybridized carbons (Fsp3) is 0.833. The highest BCUT2D eigenvalue weighted by Crippen LogP contribution is 2.21. The predicted molar refractivity (Wildman–Crippen MR) is 64.2 cm³/mol. The Bertz CT molecular complexity index is 293. The van der Waals surface area contributed by atoms with Gasteiger partial charge in [-0.3, -0.25) is 4.79 Å². The molecule has 0 aromatic carbocycles. The van der Waals surface area contributed by atoms with Crippen molar-refractivity contribution in [1.29, 1.82) is 0 Å². The molecule has 0 bridgehead atoms. The summed E-state index contributed by atoms with van der Waals surface area (Å²) in [4.78, 5) is 25.3. The Hall–Kier alpha value is -1.10. The first kappa shape index (κ1) is 14.0. The van der Waals surface area contributed by atoms with Gasteiger partial charge in [0, 0.05) is 6.54 Å². The lowest BCUT2D eigenvalue weighted by Crippen LogP contribution is -2.50. The molecule has 3 atom stereocenters. The molecule has 0 aliphatic carbocycles. The first-order chi connectivity index (χ1) is 8.02. The molecule has 5 heteroatoms. The first-order valence-corrected chi connectivity index (χ1v) is 6.16. The van der Waals surface area contributed by atoms with E-state index in [1.165, 1.54) is 7.11 Å². The van der Waals surface area contributed by atoms with Gasteiger partial charge in [0.2, 0.25) is 5.91 Å². The number of methoxy groups -OCH3 is 1. The molecule has 1 heterocycles. The van der Waals surface area contributed by atoms with Gasteiger partial charge >= 0.3 is 5.97 Å². The number of hydrogen-bond donors (Lipinski definition) is 1. The highest BCUT2D eigenvalue weighted by molar-refractivity contribution is 5.88. The maximum absolute atomic E-state index is 12.2. The molecule has 1 saturated heterocycles. The standard InChI is InChI=1S/C12H22N2O3/c1-4-8(2)10(13)11(15)14-7-5-6-9(14)12(16)17-3/h8-10H,4-7,13H2,1-3H3/t8-,9?,10-/m0/s1. The van der Waals surface area contributed by atoms with E-state index in [9.17, 15) is 9.59 Å². The maximum Gasteiger partial charge on any atom is 0.328 e. The van der Waals surface area contributed by atoms with E-state index in [0.717, 1.165) is 12.8 Å². The van der Waals surface area contributed by atoms with Gasteiger partial charge in [-0.1, -0.05) is 20.3 Å². The van der Waals surface area contributed by atoms with Crippen LogP contribution in [0, 0.1) is 5.92 Å². The number of amides is 1. The average molecular weight is 242 g/mol. The van der Waals surface area contributed by atoms with Crippen molar-refractivity contribution < 1.29 is 14.3 Å². The Morgan fingerprint density at radius 2 is 2.18 bits per heavy atom. The molecule has 2 N–H and O–H groups in total. The predicted octanol–water partition coefficient (Wildman–Crippen LogP) is 0.524. The summed E-state index contributed by atoms with van der Waals surface area (Å²) in [6.07, 6.45) is 2.36. The van der Waals surface area contributed by atoms with Gasteiger partial charge < -0.3 is 15.4 Å². The van der Waals surface area contributed by atoms with Crippen molar-refractivity contribution in [3.05, 3.63) is 0 Å². The SMILES string of the molecule is CC[C@H](C)[C@H](N)C(=O)N1CCCC1C(=O)OC. The second-order valence-corrected chi connectivity index (χ2v) is 4.62. The molecule has 1 aliphatic heterocycles. The van der Waals surface area contributed by atoms with Gasteiger partial charge in [0.15, 0.2) is 0 Å². The normalized spacial score (nSPS) is 23.3. The second-order valence-electron chi connectivity index (χ2n) is 4.62. The van der Waals surface area contributed by atoms with Crippen molar-refractivity contribution in [3.8, 4) is 0 Å². The third kappa shape index (κ3) is 2.97. The summed E-state index contributed by atoms with van der Waals surface area (Å²) in [5, 5.41) is 0. The van der Waals surface area contributed by atoms with Crippen molar-refractivity contribution in [2.45, 2.75) is 45.2 Å². The molecule has 0 saturated carbocycles. The molecule has 1 fully saturated rings. The van der Waals surface area contributed by atoms with E-state index in [1.807, 2.05) is 13.8 Å². The van der Waals surface area contributed by atoms with E-state index in [-0.39, 0.29) is 17.8 Å². The number of carbonyl (C=O) groups excluding carboxylic acids is 2. The van der Waals surface area contributed by atoms with Crippen molar-refractivity contribution in [2.24, 2.45) is 11.7 Å². The van der Waals surface area contributed by atoms with E-state index < -0.39 is 12.1 Å². The lowest BCUT2D eigenvalue weighted by Gasteiger charge is -2.27. The fourth-order valence-electron chi connectivity index (χ4n) is 2.10. The third-order valence-corrected chi connectivity index (χ3v) is 3.55. The van der Waals surface area contributed by atoms with E-state index in [0.29, 0.717) is 13.0 Å². The van der Waals surface area contributed by atoms with Crippen LogP contribution in [-0.2, 0) is 14.3 Å². The molecule has 5 nitrogen and oxygen atoms in total. The van der Waals surface area contributed by atoms with Gasteiger partial charge in [0.25, 0.3) is 0 Å². The number of likely N-dealkylation sites (tertiary alicyclic amines) is 1. The maximum atomic E-state index is 12.2. The van der Waals surface area contributed by atoms with E-state index in [1.54, 1.807) is 4.90 Å². The molecule has 0 aromatic heterocycles. The average Bonchev–Trinajstić information content (AvgIpc) is 2.83. The molecular weight excluding hydrogens is 220 g/mol. The van der Waals surface area contributed by atoms with Gasteiger partial charge in [0.05, 0.1) is 13.2 Å². The monoisotopic (exact) mass is 242 g/mol. The molecule has 1 amide bonds. The number of rotatable bonds is 4. The van der Waals surface area contributed by atoms with Crippen LogP contribution in [-0.4, -0.2) is 42.5 Å². The molecule has 1 aliphatic rings. The summed E-state index contributed by atoms with van der Waals surface area (Å²) in [7, 11) is 1.35. The number of esters is 1. The minimum absolute atomic E-state index is 0.126. The van der Waals surface area contributed by atoms with Gasteiger partial charge in [-0.15, -0.1) is 0 Å². The lowest BCUT2D eigenvalue weighted by atomic mass is 9.98. The van der Waals surface area contributed by atoms with Crippen molar-refractivity contribution in [1.82, 2.24) is 4.90 Å². The number of nitrogens with two attached hydrogens (primary N) is 1. The topological polar surface area (TPSA) is 72.6 Å². The van der Waals surface area contributed by atoms with Crippen LogP contribution in [0.2, 0.25) is 0 Å². The smallest absolute Gasteiger partial charge is 0.328 e. The van der Waals surface area contributed by atoms with E-state index in [2.05, 4.69) is 0 Å². The van der Waals surface area contributed by atoms with Crippen LogP contribution in [0.3, 0.4) is 0 Å². The van der Waals surface area contributed by atoms with Crippen molar-refractivity contribution in [2.75, 3.05) is 13.7 Å². The summed E-state index contributed by atoms with van der Waals surface area (Å²) >= 11 is 0. The van der Waals surface area contributed by atoms with Crippen molar-refractivity contribution >= 4 is 11.9 Å². The van der Waals surface area contributed by atoms with Crippen molar-refractivity contribution in [3.63, 3.8) is 0 Å². The van der Waals surface area contributed by atoms with E-state index >= 15 is 0 Å². The molecule has 0 spiro atoms. The molecule has 0 aromatic rings. The summed E-state index contributed by atoms with van der Waals surface area (Å²) in [6, 6.07) is -0.965. The molecule has 0 radical (unpaired) electrons. The molecule has 98 valence electrons. The number of nitrogens with zero attached hydrogens (tertiary/aromatic N) is 1. The number of hydrogen-bond acceptors (Lipinski definition) is 4. The molecular formula is C12H22N2O3. The largest absolute Gasteiger partial charge is 0.467 e. The zero-order valence-electron chi connectivity index (χ0n) is 10.8. The molecule has 1 unspecified atom stereocenters. The molecule has 17 heavy (non-hydrogen) atoms. The Kier molecular flexibility index (Phi) is 4.93. The zero-order chi connectivity index (χ0) is 13.0. The summed E-state index contributed by atoms with van der Waals surface area (Å²) in [5.41, 5.74) is 5.91. The highest BCUT2D eigenvalue weighted by Gasteiger charge is 2.37. The Labute approximate surface area is 102 Å². The summed E-state index contributed by atoms with van der Waals surface area (Å²) < 4.78 is 4.71. The second kappa shape index (κ2) is 6.00. The quantitative estimate of drug-likeness (QED) is 0.730. The minimum atomic E-state index is -0.523. The van der Waals surface area contributed by atoms with Crippen LogP contribution in [0.15, 0.2) is 0 Å². The Morgan fingerprint density at radius 3 is 2.71 bits per heavy atom. The summed E-state index contributed by atoms with van der Waals surface area (Å²) in [6.45, 7) is 4.55. The lowest BCUT2D eigenvalue weighted by molar-refractivity contribution is -0.151. The van der Waals surface area contributed by atoms with E-state index in [4.69, 9.17) is 10.5 Å². The van der Waals surface area contributed by atoms with Crippen LogP contribution in [0.5, 0.6) is 0 Å². The van der Waals surface area contributed by atoms with Crippen LogP contribution in [0.4, 0.5) is 0 Å². The van der Waals surface area contributed by atoms with Crippen LogP contribution < -0.4 is 5.73 Å². The van der Waals surface area contributed by atoms with Gasteiger partial charge in [-0.2, -0.15) is 0 Å². The van der Waals surface area contributed by atoms with Crippen LogP contribution in [0.25, 0.3) is 0 Å². The fourth-order valence-corrected chi connectivity index (χ4v) is 2.10. The van der Waals surface area contributed by atoms with Crippen LogP contribution in [0.1, 0.15) is 33.1 Å². The third-order valence-electron chi connectivity index (χ3n) is 3.55. The van der Waals surface area contributed by atoms with Gasteiger partial charge in [-0.05, 0) is 18.8 Å².